The fourth-order valence-electron chi connectivity index (χ4n) is 1.96. The van der Waals surface area contributed by atoms with Crippen LogP contribution < -0.4 is 5.32 Å². The van der Waals surface area contributed by atoms with Crippen LogP contribution in [0.25, 0.3) is 0 Å². The zero-order valence-corrected chi connectivity index (χ0v) is 10.4. The average Bonchev–Trinajstić information content (AvgIpc) is 2.54. The summed E-state index contributed by atoms with van der Waals surface area (Å²) < 4.78 is 14.2. The molecule has 2 unspecified atom stereocenters. The van der Waals surface area contributed by atoms with Crippen molar-refractivity contribution in [3.63, 3.8) is 0 Å². The van der Waals surface area contributed by atoms with Crippen molar-refractivity contribution in [2.45, 2.75) is 19.0 Å². The standard InChI is InChI=1S/C11H9BrFNO3/c1-4-2-5(12)3-6-7(8(13)11(16)17)10(15)14-9(4)6/h2-3,7-8H,1H3,(H,14,15)(H,16,17). The smallest absolute Gasteiger partial charge is 0.339 e. The van der Waals surface area contributed by atoms with Gasteiger partial charge in [-0.3, -0.25) is 4.79 Å². The lowest BCUT2D eigenvalue weighted by Crippen LogP contribution is -2.28. The van der Waals surface area contributed by atoms with Gasteiger partial charge in [-0.1, -0.05) is 15.9 Å². The third-order valence-electron chi connectivity index (χ3n) is 2.73. The highest BCUT2D eigenvalue weighted by atomic mass is 79.9. The van der Waals surface area contributed by atoms with Crippen LogP contribution in [0.2, 0.25) is 0 Å². The molecule has 0 saturated carbocycles. The Morgan fingerprint density at radius 1 is 1.59 bits per heavy atom. The Kier molecular flexibility index (Phi) is 2.91. The van der Waals surface area contributed by atoms with Crippen LogP contribution in [0.1, 0.15) is 17.0 Å². The number of carboxylic acids is 1. The first-order chi connectivity index (χ1) is 7.91. The maximum absolute atomic E-state index is 13.5. The summed E-state index contributed by atoms with van der Waals surface area (Å²) in [7, 11) is 0. The number of aliphatic carboxylic acids is 1. The number of halogens is 2. The van der Waals surface area contributed by atoms with Gasteiger partial charge in [0, 0.05) is 10.2 Å². The molecule has 1 aromatic carbocycles. The van der Waals surface area contributed by atoms with Gasteiger partial charge in [0.05, 0.1) is 0 Å². The number of amides is 1. The molecule has 0 bridgehead atoms. The van der Waals surface area contributed by atoms with E-state index in [4.69, 9.17) is 5.11 Å². The topological polar surface area (TPSA) is 66.4 Å². The van der Waals surface area contributed by atoms with E-state index in [-0.39, 0.29) is 0 Å². The number of benzene rings is 1. The van der Waals surface area contributed by atoms with Gasteiger partial charge in [-0.15, -0.1) is 0 Å². The maximum atomic E-state index is 13.5. The Balaban J connectivity index is 2.54. The summed E-state index contributed by atoms with van der Waals surface area (Å²) in [6.45, 7) is 1.76. The molecule has 0 aliphatic carbocycles. The lowest BCUT2D eigenvalue weighted by molar-refractivity contribution is -0.145. The molecule has 0 radical (unpaired) electrons. The van der Waals surface area contributed by atoms with Crippen molar-refractivity contribution >= 4 is 33.5 Å². The number of carbonyl (C=O) groups excluding carboxylic acids is 1. The van der Waals surface area contributed by atoms with Crippen LogP contribution in [0, 0.1) is 6.92 Å². The molecule has 1 aliphatic heterocycles. The second-order valence-electron chi connectivity index (χ2n) is 3.89. The molecular formula is C11H9BrFNO3. The van der Waals surface area contributed by atoms with Crippen molar-refractivity contribution in [2.75, 3.05) is 5.32 Å². The molecule has 6 heteroatoms. The molecule has 90 valence electrons. The van der Waals surface area contributed by atoms with Gasteiger partial charge < -0.3 is 10.4 Å². The van der Waals surface area contributed by atoms with Crippen molar-refractivity contribution < 1.29 is 19.1 Å². The fourth-order valence-corrected chi connectivity index (χ4v) is 2.55. The van der Waals surface area contributed by atoms with Gasteiger partial charge in [-0.2, -0.15) is 0 Å². The predicted octanol–water partition coefficient (Wildman–Crippen LogP) is 2.22. The van der Waals surface area contributed by atoms with E-state index in [1.165, 1.54) is 0 Å². The Morgan fingerprint density at radius 2 is 2.24 bits per heavy atom. The third-order valence-corrected chi connectivity index (χ3v) is 3.18. The van der Waals surface area contributed by atoms with Crippen LogP contribution in [0.5, 0.6) is 0 Å². The monoisotopic (exact) mass is 301 g/mol. The SMILES string of the molecule is Cc1cc(Br)cc2c1NC(=O)C2C(F)C(=O)O. The van der Waals surface area contributed by atoms with Gasteiger partial charge in [0.25, 0.3) is 0 Å². The molecule has 0 spiro atoms. The number of carbonyl (C=O) groups is 2. The molecule has 4 nitrogen and oxygen atoms in total. The number of hydrogen-bond acceptors (Lipinski definition) is 2. The Labute approximate surface area is 105 Å². The van der Waals surface area contributed by atoms with E-state index >= 15 is 0 Å². The molecular weight excluding hydrogens is 293 g/mol. The molecule has 17 heavy (non-hydrogen) atoms. The molecule has 2 N–H and O–H groups in total. The molecule has 0 saturated heterocycles. The minimum absolute atomic E-state index is 0.386. The number of aryl methyl sites for hydroxylation is 1. The van der Waals surface area contributed by atoms with Crippen LogP contribution in [0.15, 0.2) is 16.6 Å². The number of fused-ring (bicyclic) bond motifs is 1. The number of rotatable bonds is 2. The summed E-state index contributed by atoms with van der Waals surface area (Å²) in [4.78, 5) is 22.3. The number of alkyl halides is 1. The molecule has 1 aromatic rings. The first kappa shape index (κ1) is 12.0. The summed E-state index contributed by atoms with van der Waals surface area (Å²) >= 11 is 3.24. The van der Waals surface area contributed by atoms with E-state index in [0.29, 0.717) is 15.7 Å². The normalized spacial score (nSPS) is 19.7. The van der Waals surface area contributed by atoms with E-state index in [2.05, 4.69) is 21.2 Å². The Bertz CT molecular complexity index is 518. The minimum atomic E-state index is -2.23. The molecule has 2 atom stereocenters. The zero-order chi connectivity index (χ0) is 12.7. The van der Waals surface area contributed by atoms with Crippen molar-refractivity contribution in [1.29, 1.82) is 0 Å². The lowest BCUT2D eigenvalue weighted by Gasteiger charge is -2.11. The van der Waals surface area contributed by atoms with Crippen molar-refractivity contribution in [3.8, 4) is 0 Å². The van der Waals surface area contributed by atoms with Crippen molar-refractivity contribution in [3.05, 3.63) is 27.7 Å². The van der Waals surface area contributed by atoms with Gasteiger partial charge in [-0.05, 0) is 30.2 Å². The van der Waals surface area contributed by atoms with Gasteiger partial charge in [0.15, 0.2) is 0 Å². The molecule has 1 heterocycles. The summed E-state index contributed by atoms with van der Waals surface area (Å²) in [5, 5.41) is 11.2. The highest BCUT2D eigenvalue weighted by Gasteiger charge is 2.41. The van der Waals surface area contributed by atoms with E-state index < -0.39 is 24.0 Å². The van der Waals surface area contributed by atoms with Gasteiger partial charge in [0.1, 0.15) is 5.92 Å². The first-order valence-electron chi connectivity index (χ1n) is 4.89. The van der Waals surface area contributed by atoms with Crippen molar-refractivity contribution in [2.24, 2.45) is 0 Å². The summed E-state index contributed by atoms with van der Waals surface area (Å²) in [6.07, 6.45) is -2.23. The zero-order valence-electron chi connectivity index (χ0n) is 8.83. The summed E-state index contributed by atoms with van der Waals surface area (Å²) in [6, 6.07) is 3.34. The maximum Gasteiger partial charge on any atom is 0.339 e. The van der Waals surface area contributed by atoms with Crippen LogP contribution in [-0.2, 0) is 9.59 Å². The van der Waals surface area contributed by atoms with Crippen LogP contribution >= 0.6 is 15.9 Å². The Morgan fingerprint density at radius 3 is 2.82 bits per heavy atom. The van der Waals surface area contributed by atoms with Gasteiger partial charge in [-0.25, -0.2) is 9.18 Å². The van der Waals surface area contributed by atoms with Crippen LogP contribution in [0.4, 0.5) is 10.1 Å². The number of carboxylic acid groups (broad SMARTS) is 1. The second-order valence-corrected chi connectivity index (χ2v) is 4.81. The van der Waals surface area contributed by atoms with Gasteiger partial charge in [0.2, 0.25) is 12.1 Å². The Hall–Kier alpha value is -1.43. The van der Waals surface area contributed by atoms with Gasteiger partial charge >= 0.3 is 5.97 Å². The fraction of sp³-hybridized carbons (Fsp3) is 0.273. The van der Waals surface area contributed by atoms with E-state index in [1.54, 1.807) is 19.1 Å². The molecule has 2 rings (SSSR count). The van der Waals surface area contributed by atoms with Crippen molar-refractivity contribution in [1.82, 2.24) is 0 Å². The van der Waals surface area contributed by atoms with Crippen LogP contribution in [-0.4, -0.2) is 23.2 Å². The van der Waals surface area contributed by atoms with E-state index in [0.717, 1.165) is 5.56 Å². The van der Waals surface area contributed by atoms with E-state index in [1.807, 2.05) is 0 Å². The lowest BCUT2D eigenvalue weighted by atomic mass is 9.94. The van der Waals surface area contributed by atoms with E-state index in [9.17, 15) is 14.0 Å². The first-order valence-corrected chi connectivity index (χ1v) is 5.69. The molecule has 0 aromatic heterocycles. The summed E-state index contributed by atoms with van der Waals surface area (Å²) in [5.41, 5.74) is 1.66. The van der Waals surface area contributed by atoms with Crippen LogP contribution in [0.3, 0.4) is 0 Å². The predicted molar refractivity (Wildman–Crippen MR) is 62.8 cm³/mol. The number of hydrogen-bond donors (Lipinski definition) is 2. The molecule has 1 aliphatic rings. The molecule has 1 amide bonds. The quantitative estimate of drug-likeness (QED) is 0.880. The minimum Gasteiger partial charge on any atom is -0.479 e. The molecule has 0 fully saturated rings. The third kappa shape index (κ3) is 1.93. The average molecular weight is 302 g/mol. The highest BCUT2D eigenvalue weighted by molar-refractivity contribution is 9.10. The largest absolute Gasteiger partial charge is 0.479 e. The summed E-state index contributed by atoms with van der Waals surface area (Å²) in [5.74, 6) is -3.52. The number of nitrogens with one attached hydrogen (secondary N) is 1. The second kappa shape index (κ2) is 4.10. The highest BCUT2D eigenvalue weighted by Crippen LogP contribution is 2.39. The number of anilines is 1.